The quantitative estimate of drug-likeness (QED) is 0.673. The first-order valence-electron chi connectivity index (χ1n) is 5.48. The minimum absolute atomic E-state index is 0.0405. The van der Waals surface area contributed by atoms with E-state index in [1.165, 1.54) is 13.2 Å². The van der Waals surface area contributed by atoms with Gasteiger partial charge in [0, 0.05) is 11.9 Å². The summed E-state index contributed by atoms with van der Waals surface area (Å²) >= 11 is 4.43. The lowest BCUT2D eigenvalue weighted by Crippen LogP contribution is -2.06. The molecule has 0 radical (unpaired) electrons. The lowest BCUT2D eigenvalue weighted by atomic mass is 10.2. The summed E-state index contributed by atoms with van der Waals surface area (Å²) in [6.07, 6.45) is 1.60. The van der Waals surface area contributed by atoms with Gasteiger partial charge in [0.05, 0.1) is 22.0 Å². The fourth-order valence-corrected chi connectivity index (χ4v) is 2.80. The Kier molecular flexibility index (Phi) is 4.61. The molecular weight excluding hydrogens is 347 g/mol. The molecule has 2 rings (SSSR count). The highest BCUT2D eigenvalue weighted by Gasteiger charge is 2.16. The molecule has 104 valence electrons. The van der Waals surface area contributed by atoms with Gasteiger partial charge in [-0.05, 0) is 40.2 Å². The minimum atomic E-state index is -0.607. The van der Waals surface area contributed by atoms with Crippen LogP contribution in [0.25, 0.3) is 0 Å². The first-order chi connectivity index (χ1) is 9.52. The molecular formula is C13H10BrFN2O2S. The Morgan fingerprint density at radius 1 is 1.50 bits per heavy atom. The van der Waals surface area contributed by atoms with Crippen LogP contribution in [0.4, 0.5) is 10.1 Å². The first-order valence-corrected chi connectivity index (χ1v) is 7.09. The molecule has 0 atom stereocenters. The normalized spacial score (nSPS) is 10.3. The number of ether oxygens (including phenoxy) is 1. The number of esters is 1. The van der Waals surface area contributed by atoms with E-state index in [1.807, 2.05) is 0 Å². The number of aromatic nitrogens is 1. The molecule has 0 spiro atoms. The van der Waals surface area contributed by atoms with Gasteiger partial charge in [-0.1, -0.05) is 11.8 Å². The third kappa shape index (κ3) is 3.10. The van der Waals surface area contributed by atoms with Crippen LogP contribution in [0.15, 0.2) is 44.9 Å². The van der Waals surface area contributed by atoms with Gasteiger partial charge in [-0.15, -0.1) is 0 Å². The molecule has 0 saturated heterocycles. The second-order valence-electron chi connectivity index (χ2n) is 3.75. The van der Waals surface area contributed by atoms with Crippen LogP contribution in [0.5, 0.6) is 0 Å². The van der Waals surface area contributed by atoms with Gasteiger partial charge in [0.2, 0.25) is 0 Å². The third-order valence-corrected chi connectivity index (χ3v) is 4.39. The predicted octanol–water partition coefficient (Wildman–Crippen LogP) is 3.50. The molecule has 0 saturated carbocycles. The Morgan fingerprint density at radius 3 is 2.90 bits per heavy atom. The molecule has 2 N–H and O–H groups in total. The topological polar surface area (TPSA) is 65.2 Å². The number of nitrogen functional groups attached to an aromatic ring is 1. The predicted molar refractivity (Wildman–Crippen MR) is 78.2 cm³/mol. The smallest absolute Gasteiger partial charge is 0.339 e. The molecule has 0 aliphatic carbocycles. The lowest BCUT2D eigenvalue weighted by molar-refractivity contribution is 0.0601. The molecule has 0 aliphatic heterocycles. The maximum atomic E-state index is 13.9. The largest absolute Gasteiger partial charge is 0.465 e. The molecule has 0 amide bonds. The van der Waals surface area contributed by atoms with Crippen LogP contribution in [0.2, 0.25) is 0 Å². The van der Waals surface area contributed by atoms with Gasteiger partial charge in [-0.25, -0.2) is 14.2 Å². The summed E-state index contributed by atoms with van der Waals surface area (Å²) in [5, 5.41) is 0.590. The Balaban J connectivity index is 2.42. The van der Waals surface area contributed by atoms with Crippen molar-refractivity contribution in [1.82, 2.24) is 4.98 Å². The van der Waals surface area contributed by atoms with Crippen LogP contribution in [0.3, 0.4) is 0 Å². The Hall–Kier alpha value is -1.60. The van der Waals surface area contributed by atoms with E-state index >= 15 is 0 Å². The molecule has 4 nitrogen and oxygen atoms in total. The highest BCUT2D eigenvalue weighted by molar-refractivity contribution is 9.10. The number of carbonyl (C=O) groups is 1. The average molecular weight is 357 g/mol. The van der Waals surface area contributed by atoms with Gasteiger partial charge in [-0.2, -0.15) is 0 Å². The van der Waals surface area contributed by atoms with Crippen molar-refractivity contribution < 1.29 is 13.9 Å². The fourth-order valence-electron chi connectivity index (χ4n) is 1.48. The standard InChI is InChI=1S/C13H10BrFN2O2S/c1-19-13(18)7-5-11(9(15)6-10(7)16)20-12-8(14)3-2-4-17-12/h2-6H,16H2,1H3. The van der Waals surface area contributed by atoms with Crippen molar-refractivity contribution in [1.29, 1.82) is 0 Å². The van der Waals surface area contributed by atoms with E-state index in [-0.39, 0.29) is 16.1 Å². The molecule has 0 unspecified atom stereocenters. The van der Waals surface area contributed by atoms with Crippen LogP contribution in [0.1, 0.15) is 10.4 Å². The summed E-state index contributed by atoms with van der Waals surface area (Å²) in [5.41, 5.74) is 5.78. The van der Waals surface area contributed by atoms with Gasteiger partial charge in [0.15, 0.2) is 0 Å². The van der Waals surface area contributed by atoms with Gasteiger partial charge in [0.25, 0.3) is 0 Å². The van der Waals surface area contributed by atoms with Crippen LogP contribution >= 0.6 is 27.7 Å². The molecule has 0 aliphatic rings. The number of hydrogen-bond donors (Lipinski definition) is 1. The molecule has 1 aromatic heterocycles. The summed E-state index contributed by atoms with van der Waals surface area (Å²) in [7, 11) is 1.24. The van der Waals surface area contributed by atoms with Crippen LogP contribution < -0.4 is 5.73 Å². The fraction of sp³-hybridized carbons (Fsp3) is 0.0769. The average Bonchev–Trinajstić information content (AvgIpc) is 2.43. The molecule has 7 heteroatoms. The Morgan fingerprint density at radius 2 is 2.25 bits per heavy atom. The van der Waals surface area contributed by atoms with Crippen molar-refractivity contribution in [2.75, 3.05) is 12.8 Å². The zero-order chi connectivity index (χ0) is 14.7. The van der Waals surface area contributed by atoms with Gasteiger partial charge in [-0.3, -0.25) is 0 Å². The van der Waals surface area contributed by atoms with E-state index in [1.54, 1.807) is 18.3 Å². The van der Waals surface area contributed by atoms with Crippen LogP contribution in [-0.2, 0) is 4.74 Å². The van der Waals surface area contributed by atoms with Gasteiger partial charge < -0.3 is 10.5 Å². The number of halogens is 2. The molecule has 1 heterocycles. The summed E-state index contributed by atoms with van der Waals surface area (Å²) in [4.78, 5) is 15.9. The second-order valence-corrected chi connectivity index (χ2v) is 5.64. The Bertz CT molecular complexity index is 667. The second kappa shape index (κ2) is 6.23. The highest BCUT2D eigenvalue weighted by atomic mass is 79.9. The van der Waals surface area contributed by atoms with Gasteiger partial charge in [0.1, 0.15) is 10.8 Å². The third-order valence-electron chi connectivity index (χ3n) is 2.44. The zero-order valence-corrected chi connectivity index (χ0v) is 12.8. The number of benzene rings is 1. The van der Waals surface area contributed by atoms with E-state index in [0.717, 1.165) is 22.3 Å². The van der Waals surface area contributed by atoms with Crippen molar-refractivity contribution in [2.45, 2.75) is 9.92 Å². The summed E-state index contributed by atoms with van der Waals surface area (Å²) in [5.74, 6) is -1.12. The van der Waals surface area contributed by atoms with E-state index in [2.05, 4.69) is 25.7 Å². The lowest BCUT2D eigenvalue weighted by Gasteiger charge is -2.09. The minimum Gasteiger partial charge on any atom is -0.465 e. The maximum Gasteiger partial charge on any atom is 0.339 e. The number of carbonyl (C=O) groups excluding carboxylic acids is 1. The number of rotatable bonds is 3. The molecule has 1 aromatic carbocycles. The van der Waals surface area contributed by atoms with Crippen molar-refractivity contribution in [3.05, 3.63) is 46.3 Å². The van der Waals surface area contributed by atoms with Crippen LogP contribution in [0, 0.1) is 5.82 Å². The monoisotopic (exact) mass is 356 g/mol. The number of methoxy groups -OCH3 is 1. The highest BCUT2D eigenvalue weighted by Crippen LogP contribution is 2.35. The van der Waals surface area contributed by atoms with E-state index in [4.69, 9.17) is 5.73 Å². The van der Waals surface area contributed by atoms with Crippen molar-refractivity contribution in [3.63, 3.8) is 0 Å². The molecule has 20 heavy (non-hydrogen) atoms. The summed E-state index contributed by atoms with van der Waals surface area (Å²) in [6.45, 7) is 0. The SMILES string of the molecule is COC(=O)c1cc(Sc2ncccc2Br)c(F)cc1N. The number of pyridine rings is 1. The summed E-state index contributed by atoms with van der Waals surface area (Å²) in [6, 6.07) is 6.02. The van der Waals surface area contributed by atoms with E-state index < -0.39 is 11.8 Å². The van der Waals surface area contributed by atoms with E-state index in [0.29, 0.717) is 5.03 Å². The van der Waals surface area contributed by atoms with E-state index in [9.17, 15) is 9.18 Å². The summed E-state index contributed by atoms with van der Waals surface area (Å²) < 4.78 is 19.3. The number of nitrogens with two attached hydrogens (primary N) is 1. The number of nitrogens with zero attached hydrogens (tertiary/aromatic N) is 1. The Labute approximate surface area is 127 Å². The molecule has 2 aromatic rings. The van der Waals surface area contributed by atoms with Crippen molar-refractivity contribution >= 4 is 39.3 Å². The maximum absolute atomic E-state index is 13.9. The zero-order valence-electron chi connectivity index (χ0n) is 10.4. The number of anilines is 1. The van der Waals surface area contributed by atoms with Crippen molar-refractivity contribution in [2.24, 2.45) is 0 Å². The molecule has 0 bridgehead atoms. The van der Waals surface area contributed by atoms with Crippen molar-refractivity contribution in [3.8, 4) is 0 Å². The number of hydrogen-bond acceptors (Lipinski definition) is 5. The molecule has 0 fully saturated rings. The van der Waals surface area contributed by atoms with Crippen LogP contribution in [-0.4, -0.2) is 18.1 Å². The first kappa shape index (κ1) is 14.8. The van der Waals surface area contributed by atoms with Gasteiger partial charge >= 0.3 is 5.97 Å².